The molecule has 0 unspecified atom stereocenters. The van der Waals surface area contributed by atoms with Crippen LogP contribution in [0, 0.1) is 0 Å². The molecule has 0 radical (unpaired) electrons. The fourth-order valence-electron chi connectivity index (χ4n) is 0. The van der Waals surface area contributed by atoms with Gasteiger partial charge < -0.3 is 52.0 Å². The van der Waals surface area contributed by atoms with E-state index in [4.69, 9.17) is 29.4 Å². The molecule has 2 N–H and O–H groups in total. The number of hydrogen-bond acceptors (Lipinski definition) is 6. The van der Waals surface area contributed by atoms with Crippen LogP contribution >= 0.6 is 17.2 Å². The van der Waals surface area contributed by atoms with Gasteiger partial charge >= 0.3 is 177 Å². The second-order valence-electron chi connectivity index (χ2n) is 0.447. The summed E-state index contributed by atoms with van der Waals surface area (Å²) < 4.78 is 0. The molecule has 15 heteroatoms. The van der Waals surface area contributed by atoms with Gasteiger partial charge in [0, 0.05) is 0 Å². The van der Waals surface area contributed by atoms with Crippen molar-refractivity contribution in [3.05, 3.63) is 0 Å². The van der Waals surface area contributed by atoms with E-state index in [0.29, 0.717) is 0 Å². The van der Waals surface area contributed by atoms with Crippen LogP contribution in [0.25, 0.3) is 0 Å². The van der Waals surface area contributed by atoms with Crippen molar-refractivity contribution < 1.29 is 212 Å². The average Bonchev–Trinajstić information content (AvgIpc) is 1.25. The van der Waals surface area contributed by atoms with Gasteiger partial charge in [-0.25, -0.2) is 0 Å². The Morgan fingerprint density at radius 1 is 0.400 bits per heavy atom. The third-order valence-corrected chi connectivity index (χ3v) is 0. The van der Waals surface area contributed by atoms with E-state index in [9.17, 15) is 0 Å². The van der Waals surface area contributed by atoms with Gasteiger partial charge in [-0.2, -0.15) is 0 Å². The zero-order valence-corrected chi connectivity index (χ0v) is 23.6. The maximum absolute atomic E-state index is 8.48. The molecule has 0 fully saturated rings. The SMILES string of the molecule is O.[Na+].[Na+].[Na+].[Na+].[Na+].[Na+].[O-]P([O-])[O-].[O-]P([O-])[O-]. The Kier molecular flexibility index (Phi) is 192. The molecular formula is H2Na6O7P2. The van der Waals surface area contributed by atoms with Gasteiger partial charge in [0.05, 0.1) is 0 Å². The van der Waals surface area contributed by atoms with E-state index < -0.39 is 17.2 Å². The van der Waals surface area contributed by atoms with Crippen molar-refractivity contribution in [1.82, 2.24) is 0 Å². The van der Waals surface area contributed by atoms with Gasteiger partial charge in [-0.05, 0) is 0 Å². The largest absolute Gasteiger partial charge is 1.00 e. The Balaban J connectivity index is -0.00000000468. The predicted molar refractivity (Wildman–Crippen MR) is 17.5 cm³/mol. The monoisotopic (exact) mass is 314 g/mol. The summed E-state index contributed by atoms with van der Waals surface area (Å²) in [6, 6.07) is 0. The molecule has 0 rings (SSSR count). The molecule has 0 spiro atoms. The Morgan fingerprint density at radius 3 is 0.400 bits per heavy atom. The Morgan fingerprint density at radius 2 is 0.400 bits per heavy atom. The summed E-state index contributed by atoms with van der Waals surface area (Å²) in [6.45, 7) is 0. The molecule has 0 aromatic carbocycles. The van der Waals surface area contributed by atoms with Gasteiger partial charge in [-0.3, -0.25) is 0 Å². The first-order chi connectivity index (χ1) is 3.46. The van der Waals surface area contributed by atoms with E-state index in [1.54, 1.807) is 0 Å². The molecule has 0 amide bonds. The summed E-state index contributed by atoms with van der Waals surface area (Å²) in [7, 11) is -6.74. The average molecular weight is 314 g/mol. The second-order valence-corrected chi connectivity index (χ2v) is 1.34. The third-order valence-electron chi connectivity index (χ3n) is 0. The van der Waals surface area contributed by atoms with Crippen molar-refractivity contribution in [2.45, 2.75) is 0 Å². The van der Waals surface area contributed by atoms with Crippen LogP contribution in [-0.2, 0) is 0 Å². The molecule has 0 aromatic rings. The summed E-state index contributed by atoms with van der Waals surface area (Å²) >= 11 is 0. The van der Waals surface area contributed by atoms with Crippen LogP contribution in [-0.4, -0.2) is 5.48 Å². The molecule has 7 nitrogen and oxygen atoms in total. The molecule has 0 aliphatic rings. The normalized spacial score (nSPS) is 4.80. The van der Waals surface area contributed by atoms with Gasteiger partial charge in [0.1, 0.15) is 0 Å². The van der Waals surface area contributed by atoms with E-state index in [1.165, 1.54) is 0 Å². The Bertz CT molecular complexity index is 37.0. The fourth-order valence-corrected chi connectivity index (χ4v) is 0. The third kappa shape index (κ3) is 164. The molecule has 0 aliphatic carbocycles. The van der Waals surface area contributed by atoms with E-state index in [1.807, 2.05) is 0 Å². The fraction of sp³-hybridized carbons (Fsp3) is 0. The summed E-state index contributed by atoms with van der Waals surface area (Å²) in [6.07, 6.45) is 0. The topological polar surface area (TPSA) is 170 Å². The molecule has 60 valence electrons. The van der Waals surface area contributed by atoms with Crippen molar-refractivity contribution in [3.63, 3.8) is 0 Å². The molecule has 0 aliphatic heterocycles. The summed E-state index contributed by atoms with van der Waals surface area (Å²) in [5, 5.41) is 0. The number of hydrogen-bond donors (Lipinski definition) is 0. The maximum Gasteiger partial charge on any atom is 1.00 e. The Hall–Kier alpha value is 6.58. The first-order valence-corrected chi connectivity index (χ1v) is 3.29. The van der Waals surface area contributed by atoms with Gasteiger partial charge in [0.15, 0.2) is 0 Å². The van der Waals surface area contributed by atoms with E-state index >= 15 is 0 Å². The minimum Gasteiger partial charge on any atom is -0.854 e. The molecule has 0 aromatic heterocycles. The van der Waals surface area contributed by atoms with Crippen LogP contribution in [0.1, 0.15) is 0 Å². The van der Waals surface area contributed by atoms with Crippen LogP contribution in [0.5, 0.6) is 0 Å². The summed E-state index contributed by atoms with van der Waals surface area (Å²) in [5.74, 6) is 0. The first-order valence-electron chi connectivity index (χ1n) is 1.10. The molecule has 0 bridgehead atoms. The van der Waals surface area contributed by atoms with Crippen LogP contribution in [0.2, 0.25) is 0 Å². The minimum absolute atomic E-state index is 0. The van der Waals surface area contributed by atoms with Crippen molar-refractivity contribution >= 4 is 17.2 Å². The maximum atomic E-state index is 8.48. The molecule has 15 heavy (non-hydrogen) atoms. The summed E-state index contributed by atoms with van der Waals surface area (Å²) in [4.78, 5) is 50.9. The zero-order valence-electron chi connectivity index (χ0n) is 9.84. The van der Waals surface area contributed by atoms with Crippen LogP contribution < -0.4 is 207 Å². The van der Waals surface area contributed by atoms with Gasteiger partial charge in [-0.1, -0.05) is 0 Å². The van der Waals surface area contributed by atoms with E-state index in [-0.39, 0.29) is 183 Å². The van der Waals surface area contributed by atoms with Crippen molar-refractivity contribution in [3.8, 4) is 0 Å². The van der Waals surface area contributed by atoms with E-state index in [0.717, 1.165) is 0 Å². The van der Waals surface area contributed by atoms with Gasteiger partial charge in [-0.15, -0.1) is 0 Å². The molecule has 0 saturated heterocycles. The van der Waals surface area contributed by atoms with Crippen LogP contribution in [0.3, 0.4) is 0 Å². The standard InChI is InChI=1S/6Na.2O3P.H2O/c;;;;;;2*1-4(2)3;/h;;;;;;;;1H2/q6*+1;2*-3;. The van der Waals surface area contributed by atoms with Gasteiger partial charge in [0.2, 0.25) is 0 Å². The predicted octanol–water partition coefficient (Wildman–Crippen LogP) is -24.2. The summed E-state index contributed by atoms with van der Waals surface area (Å²) in [5.41, 5.74) is 0. The molecule has 0 atom stereocenters. The van der Waals surface area contributed by atoms with E-state index in [2.05, 4.69) is 0 Å². The van der Waals surface area contributed by atoms with Crippen molar-refractivity contribution in [1.29, 1.82) is 0 Å². The van der Waals surface area contributed by atoms with Crippen LogP contribution in [0.4, 0.5) is 0 Å². The van der Waals surface area contributed by atoms with Crippen molar-refractivity contribution in [2.75, 3.05) is 0 Å². The minimum atomic E-state index is -3.37. The van der Waals surface area contributed by atoms with Crippen molar-refractivity contribution in [2.24, 2.45) is 0 Å². The second kappa shape index (κ2) is 49.9. The first kappa shape index (κ1) is 57.8. The molecular weight excluding hydrogens is 312 g/mol. The Labute approximate surface area is 224 Å². The van der Waals surface area contributed by atoms with Crippen LogP contribution in [0.15, 0.2) is 0 Å². The van der Waals surface area contributed by atoms with Gasteiger partial charge in [0.25, 0.3) is 0 Å². The smallest absolute Gasteiger partial charge is 0.854 e. The zero-order chi connectivity index (χ0) is 7.15. The quantitative estimate of drug-likeness (QED) is 0.317. The molecule has 0 saturated carbocycles. The molecule has 0 heterocycles. The number of rotatable bonds is 0.